The van der Waals surface area contributed by atoms with Crippen LogP contribution in [0.25, 0.3) is 0 Å². The monoisotopic (exact) mass is 143 g/mol. The lowest BCUT2D eigenvalue weighted by Crippen LogP contribution is -2.47. The summed E-state index contributed by atoms with van der Waals surface area (Å²) >= 11 is 0. The first kappa shape index (κ1) is 8.02. The summed E-state index contributed by atoms with van der Waals surface area (Å²) < 4.78 is 0. The zero-order valence-corrected chi connectivity index (χ0v) is 6.64. The molecule has 2 nitrogen and oxygen atoms in total. The van der Waals surface area contributed by atoms with Crippen molar-refractivity contribution in [1.82, 2.24) is 0 Å². The topological polar surface area (TPSA) is 46.2 Å². The first-order chi connectivity index (χ1) is 4.65. The molecule has 2 heteroatoms. The molecular formula is C8H17NO. The fourth-order valence-corrected chi connectivity index (χ4v) is 1.62. The Morgan fingerprint density at radius 1 is 1.30 bits per heavy atom. The Bertz CT molecular complexity index is 106. The average Bonchev–Trinajstić information content (AvgIpc) is 1.89. The average molecular weight is 143 g/mol. The van der Waals surface area contributed by atoms with E-state index in [2.05, 4.69) is 0 Å². The Hall–Kier alpha value is -0.0800. The van der Waals surface area contributed by atoms with Crippen LogP contribution in [0.1, 0.15) is 39.0 Å². The molecule has 1 saturated carbocycles. The third-order valence-corrected chi connectivity index (χ3v) is 2.57. The van der Waals surface area contributed by atoms with E-state index in [0.29, 0.717) is 0 Å². The fourth-order valence-electron chi connectivity index (χ4n) is 1.62. The van der Waals surface area contributed by atoms with Crippen LogP contribution in [0.3, 0.4) is 0 Å². The standard InChI is InChI=1S/C8H17NO/c1-7(9)8(10)5-3-2-4-6-8/h7,10H,2-6,9H2,1H3/t7-/m1/s1. The third kappa shape index (κ3) is 1.50. The molecule has 0 aromatic heterocycles. The third-order valence-electron chi connectivity index (χ3n) is 2.57. The molecule has 10 heavy (non-hydrogen) atoms. The summed E-state index contributed by atoms with van der Waals surface area (Å²) in [6.07, 6.45) is 5.32. The van der Waals surface area contributed by atoms with Crippen molar-refractivity contribution < 1.29 is 5.11 Å². The molecule has 0 aliphatic heterocycles. The zero-order chi connectivity index (χ0) is 7.61. The summed E-state index contributed by atoms with van der Waals surface area (Å²) in [5, 5.41) is 9.82. The molecule has 0 heterocycles. The second-order valence-electron chi connectivity index (χ2n) is 3.45. The Morgan fingerprint density at radius 3 is 2.10 bits per heavy atom. The molecule has 0 saturated heterocycles. The van der Waals surface area contributed by atoms with Crippen molar-refractivity contribution in [3.05, 3.63) is 0 Å². The van der Waals surface area contributed by atoms with E-state index in [4.69, 9.17) is 5.73 Å². The summed E-state index contributed by atoms with van der Waals surface area (Å²) in [5.74, 6) is 0. The van der Waals surface area contributed by atoms with Crippen molar-refractivity contribution >= 4 is 0 Å². The van der Waals surface area contributed by atoms with Crippen LogP contribution >= 0.6 is 0 Å². The van der Waals surface area contributed by atoms with Crippen LogP contribution in [0.15, 0.2) is 0 Å². The molecule has 60 valence electrons. The summed E-state index contributed by atoms with van der Waals surface area (Å²) in [6.45, 7) is 1.89. The van der Waals surface area contributed by atoms with Crippen molar-refractivity contribution in [2.45, 2.75) is 50.7 Å². The van der Waals surface area contributed by atoms with Gasteiger partial charge in [-0.05, 0) is 19.8 Å². The van der Waals surface area contributed by atoms with Gasteiger partial charge in [-0.15, -0.1) is 0 Å². The van der Waals surface area contributed by atoms with Crippen LogP contribution in [-0.2, 0) is 0 Å². The molecule has 3 N–H and O–H groups in total. The van der Waals surface area contributed by atoms with Gasteiger partial charge in [-0.25, -0.2) is 0 Å². The first-order valence-electron chi connectivity index (χ1n) is 4.13. The lowest BCUT2D eigenvalue weighted by molar-refractivity contribution is -0.0144. The first-order valence-corrected chi connectivity index (χ1v) is 4.13. The molecule has 1 atom stereocenters. The molecule has 1 aliphatic carbocycles. The van der Waals surface area contributed by atoms with Crippen molar-refractivity contribution in [2.24, 2.45) is 5.73 Å². The zero-order valence-electron chi connectivity index (χ0n) is 6.64. The quantitative estimate of drug-likeness (QED) is 0.576. The van der Waals surface area contributed by atoms with Crippen molar-refractivity contribution in [3.63, 3.8) is 0 Å². The van der Waals surface area contributed by atoms with Gasteiger partial charge in [-0.3, -0.25) is 0 Å². The molecular weight excluding hydrogens is 126 g/mol. The van der Waals surface area contributed by atoms with Crippen LogP contribution in [0.5, 0.6) is 0 Å². The molecule has 0 aromatic carbocycles. The molecule has 0 aromatic rings. The maximum Gasteiger partial charge on any atom is 0.0795 e. The van der Waals surface area contributed by atoms with E-state index in [1.54, 1.807) is 0 Å². The van der Waals surface area contributed by atoms with Crippen LogP contribution in [-0.4, -0.2) is 16.7 Å². The molecule has 1 rings (SSSR count). The van der Waals surface area contributed by atoms with Gasteiger partial charge in [0.05, 0.1) is 5.60 Å². The van der Waals surface area contributed by atoms with Gasteiger partial charge in [0.25, 0.3) is 0 Å². The highest BCUT2D eigenvalue weighted by atomic mass is 16.3. The molecule has 0 unspecified atom stereocenters. The van der Waals surface area contributed by atoms with Gasteiger partial charge in [0, 0.05) is 6.04 Å². The Labute approximate surface area is 62.4 Å². The number of rotatable bonds is 1. The van der Waals surface area contributed by atoms with Crippen LogP contribution in [0.4, 0.5) is 0 Å². The Morgan fingerprint density at radius 2 is 1.80 bits per heavy atom. The highest BCUT2D eigenvalue weighted by Crippen LogP contribution is 2.29. The van der Waals surface area contributed by atoms with Gasteiger partial charge in [0.1, 0.15) is 0 Å². The largest absolute Gasteiger partial charge is 0.388 e. The predicted molar refractivity (Wildman–Crippen MR) is 41.7 cm³/mol. The lowest BCUT2D eigenvalue weighted by Gasteiger charge is -2.35. The second kappa shape index (κ2) is 2.89. The summed E-state index contributed by atoms with van der Waals surface area (Å²) in [7, 11) is 0. The van der Waals surface area contributed by atoms with Gasteiger partial charge in [-0.2, -0.15) is 0 Å². The lowest BCUT2D eigenvalue weighted by atomic mass is 9.80. The van der Waals surface area contributed by atoms with Crippen molar-refractivity contribution in [3.8, 4) is 0 Å². The molecule has 1 fully saturated rings. The molecule has 0 radical (unpaired) electrons. The normalized spacial score (nSPS) is 27.9. The Kier molecular flexibility index (Phi) is 2.32. The van der Waals surface area contributed by atoms with E-state index in [9.17, 15) is 5.11 Å². The van der Waals surface area contributed by atoms with Gasteiger partial charge >= 0.3 is 0 Å². The number of hydrogen-bond donors (Lipinski definition) is 2. The van der Waals surface area contributed by atoms with Crippen LogP contribution < -0.4 is 5.73 Å². The van der Waals surface area contributed by atoms with E-state index in [0.717, 1.165) is 25.7 Å². The molecule has 0 bridgehead atoms. The fraction of sp³-hybridized carbons (Fsp3) is 1.00. The summed E-state index contributed by atoms with van der Waals surface area (Å²) in [6, 6.07) is -0.0622. The highest BCUT2D eigenvalue weighted by Gasteiger charge is 2.32. The SMILES string of the molecule is C[C@@H](N)C1(O)CCCCC1. The molecule has 0 spiro atoms. The van der Waals surface area contributed by atoms with Crippen LogP contribution in [0, 0.1) is 0 Å². The van der Waals surface area contributed by atoms with Crippen LogP contribution in [0.2, 0.25) is 0 Å². The summed E-state index contributed by atoms with van der Waals surface area (Å²) in [4.78, 5) is 0. The predicted octanol–water partition coefficient (Wildman–Crippen LogP) is 1.03. The van der Waals surface area contributed by atoms with E-state index in [-0.39, 0.29) is 6.04 Å². The smallest absolute Gasteiger partial charge is 0.0795 e. The van der Waals surface area contributed by atoms with E-state index >= 15 is 0 Å². The van der Waals surface area contributed by atoms with E-state index < -0.39 is 5.60 Å². The molecule has 1 aliphatic rings. The van der Waals surface area contributed by atoms with Gasteiger partial charge in [-0.1, -0.05) is 19.3 Å². The summed E-state index contributed by atoms with van der Waals surface area (Å²) in [5.41, 5.74) is 5.11. The maximum atomic E-state index is 9.82. The van der Waals surface area contributed by atoms with Crippen molar-refractivity contribution in [2.75, 3.05) is 0 Å². The van der Waals surface area contributed by atoms with Gasteiger partial charge < -0.3 is 10.8 Å². The second-order valence-corrected chi connectivity index (χ2v) is 3.45. The Balaban J connectivity index is 2.48. The van der Waals surface area contributed by atoms with Gasteiger partial charge in [0.15, 0.2) is 0 Å². The minimum absolute atomic E-state index is 0.0622. The molecule has 0 amide bonds. The maximum absolute atomic E-state index is 9.82. The minimum Gasteiger partial charge on any atom is -0.388 e. The van der Waals surface area contributed by atoms with Gasteiger partial charge in [0.2, 0.25) is 0 Å². The van der Waals surface area contributed by atoms with E-state index in [1.165, 1.54) is 6.42 Å². The minimum atomic E-state index is -0.543. The number of aliphatic hydroxyl groups is 1. The highest BCUT2D eigenvalue weighted by molar-refractivity contribution is 4.88. The van der Waals surface area contributed by atoms with Crippen molar-refractivity contribution in [1.29, 1.82) is 0 Å². The van der Waals surface area contributed by atoms with E-state index in [1.807, 2.05) is 6.92 Å². The number of nitrogens with two attached hydrogens (primary N) is 1. The number of hydrogen-bond acceptors (Lipinski definition) is 2.